The Balaban J connectivity index is 2.31. The van der Waals surface area contributed by atoms with Gasteiger partial charge in [-0.2, -0.15) is 4.41 Å². The topological polar surface area (TPSA) is 52.6 Å². The maximum Gasteiger partial charge on any atom is 0.432 e. The standard InChI is InChI=1S/C4H8N2O2S/c7-4(8)6-5-2-1-3-9-6/h5H,1-3H2,(H,7,8). The lowest BCUT2D eigenvalue weighted by molar-refractivity contribution is 0.161. The van der Waals surface area contributed by atoms with Crippen LogP contribution in [0.1, 0.15) is 6.42 Å². The van der Waals surface area contributed by atoms with Crippen molar-refractivity contribution >= 4 is 18.0 Å². The van der Waals surface area contributed by atoms with Gasteiger partial charge in [0, 0.05) is 12.3 Å². The fourth-order valence-corrected chi connectivity index (χ4v) is 1.33. The first-order valence-corrected chi connectivity index (χ1v) is 3.64. The summed E-state index contributed by atoms with van der Waals surface area (Å²) >= 11 is 1.29. The molecule has 0 aromatic carbocycles. The van der Waals surface area contributed by atoms with Gasteiger partial charge in [-0.3, -0.25) is 0 Å². The molecule has 0 bridgehead atoms. The van der Waals surface area contributed by atoms with Crippen LogP contribution in [0, 0.1) is 0 Å². The maximum atomic E-state index is 10.2. The van der Waals surface area contributed by atoms with Crippen molar-refractivity contribution in [3.63, 3.8) is 0 Å². The summed E-state index contributed by atoms with van der Waals surface area (Å²) in [6.07, 6.45) is 0.119. The smallest absolute Gasteiger partial charge is 0.432 e. The Morgan fingerprint density at radius 2 is 2.56 bits per heavy atom. The molecule has 1 saturated heterocycles. The summed E-state index contributed by atoms with van der Waals surface area (Å²) in [5.74, 6) is 0.888. The Morgan fingerprint density at radius 3 is 2.89 bits per heavy atom. The molecule has 4 nitrogen and oxygen atoms in total. The van der Waals surface area contributed by atoms with Crippen LogP contribution in [0.2, 0.25) is 0 Å². The van der Waals surface area contributed by atoms with Crippen molar-refractivity contribution in [2.24, 2.45) is 0 Å². The molecule has 1 amide bonds. The highest BCUT2D eigenvalue weighted by Crippen LogP contribution is 2.11. The van der Waals surface area contributed by atoms with Gasteiger partial charge >= 0.3 is 6.09 Å². The SMILES string of the molecule is O=C(O)N1NCCCS1. The van der Waals surface area contributed by atoms with Crippen molar-refractivity contribution in [1.82, 2.24) is 9.84 Å². The average molecular weight is 148 g/mol. The lowest BCUT2D eigenvalue weighted by Gasteiger charge is -2.22. The number of hydrazine groups is 1. The third kappa shape index (κ3) is 1.76. The largest absolute Gasteiger partial charge is 0.463 e. The van der Waals surface area contributed by atoms with Crippen molar-refractivity contribution in [1.29, 1.82) is 0 Å². The highest BCUT2D eigenvalue weighted by molar-refractivity contribution is 7.97. The van der Waals surface area contributed by atoms with Gasteiger partial charge in [-0.25, -0.2) is 10.2 Å². The molecule has 0 aliphatic carbocycles. The Labute approximate surface area is 57.3 Å². The van der Waals surface area contributed by atoms with E-state index in [0.717, 1.165) is 23.1 Å². The lowest BCUT2D eigenvalue weighted by Crippen LogP contribution is -2.40. The van der Waals surface area contributed by atoms with E-state index in [1.165, 1.54) is 11.9 Å². The molecule has 5 heteroatoms. The fourth-order valence-electron chi connectivity index (χ4n) is 0.577. The highest BCUT2D eigenvalue weighted by atomic mass is 32.2. The van der Waals surface area contributed by atoms with Crippen LogP contribution in [0.3, 0.4) is 0 Å². The first kappa shape index (κ1) is 6.70. The second kappa shape index (κ2) is 2.93. The van der Waals surface area contributed by atoms with Gasteiger partial charge in [-0.15, -0.1) is 0 Å². The number of rotatable bonds is 0. The van der Waals surface area contributed by atoms with Crippen LogP contribution < -0.4 is 5.43 Å². The van der Waals surface area contributed by atoms with E-state index in [4.69, 9.17) is 5.11 Å². The fraction of sp³-hybridized carbons (Fsp3) is 0.750. The summed E-state index contributed by atoms with van der Waals surface area (Å²) in [7, 11) is 0. The summed E-state index contributed by atoms with van der Waals surface area (Å²) in [4.78, 5) is 10.2. The van der Waals surface area contributed by atoms with Gasteiger partial charge in [0.05, 0.1) is 0 Å². The minimum absolute atomic E-state index is 0.763. The molecule has 2 N–H and O–H groups in total. The molecule has 9 heavy (non-hydrogen) atoms. The summed E-state index contributed by atoms with van der Waals surface area (Å²) in [5.41, 5.74) is 2.72. The molecule has 52 valence electrons. The molecule has 0 aromatic heterocycles. The van der Waals surface area contributed by atoms with E-state index in [1.54, 1.807) is 0 Å². The summed E-state index contributed by atoms with van der Waals surface area (Å²) in [5, 5.41) is 8.38. The first-order chi connectivity index (χ1) is 4.30. The number of hydrogen-bond acceptors (Lipinski definition) is 3. The van der Waals surface area contributed by atoms with Gasteiger partial charge in [-0.05, 0) is 18.4 Å². The van der Waals surface area contributed by atoms with E-state index in [1.807, 2.05) is 0 Å². The van der Waals surface area contributed by atoms with Crippen molar-refractivity contribution < 1.29 is 9.90 Å². The molecule has 1 heterocycles. The molecular formula is C4H8N2O2S. The highest BCUT2D eigenvalue weighted by Gasteiger charge is 2.14. The second-order valence-electron chi connectivity index (χ2n) is 1.67. The number of carbonyl (C=O) groups is 1. The zero-order valence-corrected chi connectivity index (χ0v) is 5.65. The molecule has 1 aliphatic heterocycles. The van der Waals surface area contributed by atoms with Crippen molar-refractivity contribution in [2.45, 2.75) is 6.42 Å². The van der Waals surface area contributed by atoms with Gasteiger partial charge < -0.3 is 5.11 Å². The zero-order valence-electron chi connectivity index (χ0n) is 4.83. The summed E-state index contributed by atoms with van der Waals surface area (Å²) in [6, 6.07) is 0. The van der Waals surface area contributed by atoms with Crippen LogP contribution in [0.25, 0.3) is 0 Å². The molecule has 1 aliphatic rings. The lowest BCUT2D eigenvalue weighted by atomic mass is 10.5. The summed E-state index contributed by atoms with van der Waals surface area (Å²) < 4.78 is 1.14. The first-order valence-electron chi connectivity index (χ1n) is 2.70. The second-order valence-corrected chi connectivity index (χ2v) is 2.70. The van der Waals surface area contributed by atoms with Crippen LogP contribution in [-0.4, -0.2) is 27.9 Å². The number of nitrogens with one attached hydrogen (secondary N) is 1. The third-order valence-corrected chi connectivity index (χ3v) is 1.99. The van der Waals surface area contributed by atoms with Crippen LogP contribution in [-0.2, 0) is 0 Å². The van der Waals surface area contributed by atoms with Crippen molar-refractivity contribution in [2.75, 3.05) is 12.3 Å². The molecule has 0 aromatic rings. The molecule has 0 saturated carbocycles. The Bertz CT molecular complexity index is 113. The average Bonchev–Trinajstić information content (AvgIpc) is 1.90. The Hall–Kier alpha value is -0.420. The predicted octanol–water partition coefficient (Wildman–Crippen LogP) is 0.523. The Morgan fingerprint density at radius 1 is 1.78 bits per heavy atom. The minimum atomic E-state index is -0.917. The molecule has 0 spiro atoms. The van der Waals surface area contributed by atoms with Crippen molar-refractivity contribution in [3.05, 3.63) is 0 Å². The predicted molar refractivity (Wildman–Crippen MR) is 34.9 cm³/mol. The monoisotopic (exact) mass is 148 g/mol. The quantitative estimate of drug-likeness (QED) is 0.492. The molecular weight excluding hydrogens is 140 g/mol. The van der Waals surface area contributed by atoms with Gasteiger partial charge in [0.25, 0.3) is 0 Å². The van der Waals surface area contributed by atoms with Crippen LogP contribution in [0.4, 0.5) is 4.79 Å². The van der Waals surface area contributed by atoms with Gasteiger partial charge in [-0.1, -0.05) is 0 Å². The number of carboxylic acid groups (broad SMARTS) is 1. The molecule has 0 unspecified atom stereocenters. The Kier molecular flexibility index (Phi) is 2.18. The maximum absolute atomic E-state index is 10.2. The number of hydrogen-bond donors (Lipinski definition) is 2. The van der Waals surface area contributed by atoms with E-state index < -0.39 is 6.09 Å². The number of amides is 1. The van der Waals surface area contributed by atoms with Crippen LogP contribution in [0.5, 0.6) is 0 Å². The van der Waals surface area contributed by atoms with Crippen molar-refractivity contribution in [3.8, 4) is 0 Å². The molecule has 0 radical (unpaired) electrons. The minimum Gasteiger partial charge on any atom is -0.463 e. The van der Waals surface area contributed by atoms with E-state index in [-0.39, 0.29) is 0 Å². The third-order valence-electron chi connectivity index (χ3n) is 0.971. The van der Waals surface area contributed by atoms with Crippen LogP contribution in [0.15, 0.2) is 0 Å². The molecule has 0 atom stereocenters. The van der Waals surface area contributed by atoms with E-state index >= 15 is 0 Å². The molecule has 1 rings (SSSR count). The van der Waals surface area contributed by atoms with Gasteiger partial charge in [0.15, 0.2) is 0 Å². The van der Waals surface area contributed by atoms with E-state index in [2.05, 4.69) is 5.43 Å². The van der Waals surface area contributed by atoms with Gasteiger partial charge in [0.1, 0.15) is 0 Å². The van der Waals surface area contributed by atoms with E-state index in [9.17, 15) is 4.79 Å². The zero-order chi connectivity index (χ0) is 6.69. The van der Waals surface area contributed by atoms with Gasteiger partial charge in [0.2, 0.25) is 0 Å². The summed E-state index contributed by atoms with van der Waals surface area (Å²) in [6.45, 7) is 0.763. The number of nitrogens with zero attached hydrogens (tertiary/aromatic N) is 1. The molecule has 1 fully saturated rings. The van der Waals surface area contributed by atoms with E-state index in [0.29, 0.717) is 0 Å². The van der Waals surface area contributed by atoms with Crippen LogP contribution >= 0.6 is 11.9 Å². The normalized spacial score (nSPS) is 19.8.